The summed E-state index contributed by atoms with van der Waals surface area (Å²) < 4.78 is 5.81. The summed E-state index contributed by atoms with van der Waals surface area (Å²) in [5.41, 5.74) is 0.860. The molecule has 2 unspecified atom stereocenters. The lowest BCUT2D eigenvalue weighted by Gasteiger charge is -2.52. The molecule has 4 rings (SSSR count). The molecule has 0 spiro atoms. The number of ether oxygens (including phenoxy) is 1. The van der Waals surface area contributed by atoms with Gasteiger partial charge in [0, 0.05) is 18.6 Å². The highest BCUT2D eigenvalue weighted by Gasteiger charge is 2.44. The van der Waals surface area contributed by atoms with Gasteiger partial charge >= 0.3 is 0 Å². The first kappa shape index (κ1) is 18.5. The summed E-state index contributed by atoms with van der Waals surface area (Å²) in [4.78, 5) is 2.66. The van der Waals surface area contributed by atoms with Crippen LogP contribution >= 0.6 is 0 Å². The van der Waals surface area contributed by atoms with Gasteiger partial charge in [-0.15, -0.1) is 0 Å². The fraction of sp³-hybridized carbons (Fsp3) is 0.500. The van der Waals surface area contributed by atoms with E-state index in [1.165, 1.54) is 24.8 Å². The molecular weight excluding hydrogens is 334 g/mol. The third kappa shape index (κ3) is 4.72. The Labute approximate surface area is 163 Å². The Kier molecular flexibility index (Phi) is 5.80. The summed E-state index contributed by atoms with van der Waals surface area (Å²) in [7, 11) is 0. The highest BCUT2D eigenvalue weighted by atomic mass is 16.5. The van der Waals surface area contributed by atoms with Gasteiger partial charge in [0.15, 0.2) is 0 Å². The number of rotatable bonds is 7. The van der Waals surface area contributed by atoms with Gasteiger partial charge in [-0.05, 0) is 56.2 Å². The number of nitrogens with zero attached hydrogens (tertiary/aromatic N) is 1. The van der Waals surface area contributed by atoms with Crippen molar-refractivity contribution in [2.75, 3.05) is 6.61 Å². The number of piperidine rings is 2. The average Bonchev–Trinajstić information content (AvgIpc) is 2.68. The molecule has 0 amide bonds. The van der Waals surface area contributed by atoms with Gasteiger partial charge in [0.2, 0.25) is 0 Å². The van der Waals surface area contributed by atoms with Crippen LogP contribution in [0.1, 0.15) is 50.5 Å². The van der Waals surface area contributed by atoms with E-state index in [1.54, 1.807) is 0 Å². The van der Waals surface area contributed by atoms with Crippen molar-refractivity contribution in [1.29, 1.82) is 0 Å². The van der Waals surface area contributed by atoms with Crippen LogP contribution in [0.15, 0.2) is 60.7 Å². The molecule has 2 heterocycles. The number of hydrogen-bond donors (Lipinski definition) is 1. The van der Waals surface area contributed by atoms with E-state index in [0.717, 1.165) is 38.0 Å². The summed E-state index contributed by atoms with van der Waals surface area (Å²) >= 11 is 0. The van der Waals surface area contributed by atoms with Crippen molar-refractivity contribution in [2.45, 2.75) is 69.2 Å². The Morgan fingerprint density at radius 3 is 2.22 bits per heavy atom. The van der Waals surface area contributed by atoms with E-state index in [9.17, 15) is 5.11 Å². The number of benzene rings is 2. The van der Waals surface area contributed by atoms with Crippen molar-refractivity contribution < 1.29 is 9.84 Å². The van der Waals surface area contributed by atoms with Crippen LogP contribution in [0.3, 0.4) is 0 Å². The molecule has 0 aromatic heterocycles. The lowest BCUT2D eigenvalue weighted by atomic mass is 9.73. The van der Waals surface area contributed by atoms with Crippen LogP contribution in [-0.2, 0) is 6.54 Å². The van der Waals surface area contributed by atoms with E-state index in [4.69, 9.17) is 4.74 Å². The minimum Gasteiger partial charge on any atom is -0.494 e. The molecule has 0 aliphatic carbocycles. The van der Waals surface area contributed by atoms with Gasteiger partial charge in [-0.3, -0.25) is 4.90 Å². The second-order valence-electron chi connectivity index (χ2n) is 8.29. The second kappa shape index (κ2) is 8.45. The molecule has 2 fully saturated rings. The first-order valence-corrected chi connectivity index (χ1v) is 10.4. The molecule has 0 radical (unpaired) electrons. The molecule has 144 valence electrons. The molecule has 3 heteroatoms. The number of hydrogen-bond acceptors (Lipinski definition) is 3. The fourth-order valence-corrected chi connectivity index (χ4v) is 4.98. The molecule has 2 atom stereocenters. The van der Waals surface area contributed by atoms with Crippen molar-refractivity contribution in [3.05, 3.63) is 66.2 Å². The third-order valence-electron chi connectivity index (χ3n) is 6.25. The first-order valence-electron chi connectivity index (χ1n) is 10.4. The largest absolute Gasteiger partial charge is 0.494 e. The van der Waals surface area contributed by atoms with E-state index in [-0.39, 0.29) is 0 Å². The SMILES string of the molecule is OC1(CCCOc2ccccc2)CC2CCCC(C1)N2Cc1ccccc1. The van der Waals surface area contributed by atoms with Crippen LogP contribution in [-0.4, -0.2) is 34.3 Å². The Hall–Kier alpha value is -1.84. The van der Waals surface area contributed by atoms with Crippen LogP contribution in [0.2, 0.25) is 0 Å². The number of para-hydroxylation sites is 1. The van der Waals surface area contributed by atoms with Crippen molar-refractivity contribution in [3.63, 3.8) is 0 Å². The second-order valence-corrected chi connectivity index (χ2v) is 8.29. The summed E-state index contributed by atoms with van der Waals surface area (Å²) in [5.74, 6) is 0.916. The summed E-state index contributed by atoms with van der Waals surface area (Å²) in [6.07, 6.45) is 7.28. The normalized spacial score (nSPS) is 28.0. The first-order chi connectivity index (χ1) is 13.2. The highest BCUT2D eigenvalue weighted by Crippen LogP contribution is 2.41. The molecule has 2 aromatic rings. The van der Waals surface area contributed by atoms with Crippen LogP contribution in [0, 0.1) is 0 Å². The van der Waals surface area contributed by atoms with Gasteiger partial charge in [0.1, 0.15) is 5.75 Å². The average molecular weight is 366 g/mol. The van der Waals surface area contributed by atoms with Crippen molar-refractivity contribution in [2.24, 2.45) is 0 Å². The van der Waals surface area contributed by atoms with E-state index >= 15 is 0 Å². The maximum absolute atomic E-state index is 11.3. The highest BCUT2D eigenvalue weighted by molar-refractivity contribution is 5.20. The summed E-state index contributed by atoms with van der Waals surface area (Å²) in [6, 6.07) is 21.7. The van der Waals surface area contributed by atoms with Crippen molar-refractivity contribution in [3.8, 4) is 5.75 Å². The predicted molar refractivity (Wildman–Crippen MR) is 109 cm³/mol. The van der Waals surface area contributed by atoms with E-state index in [2.05, 4.69) is 35.2 Å². The summed E-state index contributed by atoms with van der Waals surface area (Å²) in [6.45, 7) is 1.69. The van der Waals surface area contributed by atoms with Crippen LogP contribution in [0.4, 0.5) is 0 Å². The molecular formula is C24H31NO2. The third-order valence-corrected chi connectivity index (χ3v) is 6.25. The van der Waals surface area contributed by atoms with Crippen LogP contribution < -0.4 is 4.74 Å². The lowest BCUT2D eigenvalue weighted by Crippen LogP contribution is -2.57. The maximum Gasteiger partial charge on any atom is 0.119 e. The molecule has 27 heavy (non-hydrogen) atoms. The molecule has 2 bridgehead atoms. The minimum absolute atomic E-state index is 0.512. The lowest BCUT2D eigenvalue weighted by molar-refractivity contribution is -0.101. The number of fused-ring (bicyclic) bond motifs is 2. The minimum atomic E-state index is -0.525. The maximum atomic E-state index is 11.3. The van der Waals surface area contributed by atoms with Gasteiger partial charge in [-0.1, -0.05) is 55.0 Å². The summed E-state index contributed by atoms with van der Waals surface area (Å²) in [5, 5.41) is 11.3. The van der Waals surface area contributed by atoms with Gasteiger partial charge in [0.05, 0.1) is 12.2 Å². The monoisotopic (exact) mass is 365 g/mol. The van der Waals surface area contributed by atoms with Crippen LogP contribution in [0.5, 0.6) is 5.75 Å². The Morgan fingerprint density at radius 1 is 0.926 bits per heavy atom. The van der Waals surface area contributed by atoms with Gasteiger partial charge in [0.25, 0.3) is 0 Å². The Balaban J connectivity index is 1.31. The quantitative estimate of drug-likeness (QED) is 0.716. The molecule has 3 nitrogen and oxygen atoms in total. The zero-order chi connectivity index (χ0) is 18.5. The molecule has 1 N–H and O–H groups in total. The zero-order valence-corrected chi connectivity index (χ0v) is 16.1. The molecule has 0 saturated carbocycles. The molecule has 2 saturated heterocycles. The van der Waals surface area contributed by atoms with E-state index < -0.39 is 5.60 Å². The van der Waals surface area contributed by atoms with Crippen molar-refractivity contribution >= 4 is 0 Å². The smallest absolute Gasteiger partial charge is 0.119 e. The fourth-order valence-electron chi connectivity index (χ4n) is 4.98. The van der Waals surface area contributed by atoms with Gasteiger partial charge in [-0.2, -0.15) is 0 Å². The van der Waals surface area contributed by atoms with E-state index in [0.29, 0.717) is 18.7 Å². The molecule has 2 aliphatic heterocycles. The van der Waals surface area contributed by atoms with Gasteiger partial charge < -0.3 is 9.84 Å². The van der Waals surface area contributed by atoms with Crippen LogP contribution in [0.25, 0.3) is 0 Å². The molecule has 2 aliphatic rings. The molecule has 2 aromatic carbocycles. The Bertz CT molecular complexity index is 689. The van der Waals surface area contributed by atoms with Crippen molar-refractivity contribution in [1.82, 2.24) is 4.90 Å². The van der Waals surface area contributed by atoms with E-state index in [1.807, 2.05) is 30.3 Å². The standard InChI is InChI=1S/C24H31NO2/c26-24(15-8-16-27-23-13-5-2-6-14-23)17-21-11-7-12-22(18-24)25(21)19-20-9-3-1-4-10-20/h1-6,9-10,13-14,21-22,26H,7-8,11-12,15-19H2. The van der Waals surface area contributed by atoms with Gasteiger partial charge in [-0.25, -0.2) is 0 Å². The Morgan fingerprint density at radius 2 is 1.56 bits per heavy atom. The predicted octanol–water partition coefficient (Wildman–Crippen LogP) is 4.79. The number of aliphatic hydroxyl groups is 1. The topological polar surface area (TPSA) is 32.7 Å². The zero-order valence-electron chi connectivity index (χ0n) is 16.1.